The smallest absolute Gasteiger partial charge is 0.243 e. The van der Waals surface area contributed by atoms with E-state index in [1.165, 1.54) is 0 Å². The summed E-state index contributed by atoms with van der Waals surface area (Å²) in [5.41, 5.74) is 1.57. The Bertz CT molecular complexity index is 1020. The number of pyridine rings is 1. The summed E-state index contributed by atoms with van der Waals surface area (Å²) in [6.45, 7) is 5.42. The highest BCUT2D eigenvalue weighted by Gasteiger charge is 2.35. The van der Waals surface area contributed by atoms with Crippen LogP contribution in [-0.4, -0.2) is 84.8 Å². The third-order valence-corrected chi connectivity index (χ3v) is 6.28. The molecule has 2 atom stereocenters. The predicted molar refractivity (Wildman–Crippen MR) is 122 cm³/mol. The van der Waals surface area contributed by atoms with Gasteiger partial charge in [-0.1, -0.05) is 24.3 Å². The Morgan fingerprint density at radius 2 is 1.94 bits per heavy atom. The van der Waals surface area contributed by atoms with Crippen LogP contribution in [0.1, 0.15) is 24.5 Å². The Kier molecular flexibility index (Phi) is 5.65. The van der Waals surface area contributed by atoms with E-state index >= 15 is 0 Å². The largest absolute Gasteiger partial charge is 0.340 e. The van der Waals surface area contributed by atoms with E-state index in [0.29, 0.717) is 17.5 Å². The van der Waals surface area contributed by atoms with E-state index in [2.05, 4.69) is 27.5 Å². The van der Waals surface area contributed by atoms with Gasteiger partial charge in [-0.15, -0.1) is 0 Å². The number of rotatable bonds is 2. The molecule has 2 saturated heterocycles. The Hall–Kier alpha value is -2.84. The molecule has 1 amide bonds. The molecule has 2 fully saturated rings. The molecule has 3 aliphatic heterocycles. The summed E-state index contributed by atoms with van der Waals surface area (Å²) < 4.78 is 0. The molecule has 0 spiro atoms. The Morgan fingerprint density at radius 1 is 1.10 bits per heavy atom. The number of aromatic nitrogens is 1. The summed E-state index contributed by atoms with van der Waals surface area (Å²) in [5, 5.41) is 7.51. The molecule has 2 N–H and O–H groups in total. The van der Waals surface area contributed by atoms with E-state index in [1.807, 2.05) is 36.4 Å². The highest BCUT2D eigenvalue weighted by Crippen LogP contribution is 2.24. The van der Waals surface area contributed by atoms with Crippen LogP contribution in [-0.2, 0) is 4.79 Å². The van der Waals surface area contributed by atoms with Crippen LogP contribution in [0.15, 0.2) is 46.4 Å². The Morgan fingerprint density at radius 3 is 2.74 bits per heavy atom. The van der Waals surface area contributed by atoms with Crippen molar-refractivity contribution in [3.63, 3.8) is 0 Å². The number of fused-ring (bicyclic) bond motifs is 1. The fourth-order valence-electron chi connectivity index (χ4n) is 4.41. The molecule has 0 saturated carbocycles. The molecule has 8 heteroatoms. The van der Waals surface area contributed by atoms with Gasteiger partial charge in [-0.25, -0.2) is 0 Å². The molecule has 0 aliphatic carbocycles. The highest BCUT2D eigenvalue weighted by atomic mass is 16.2. The zero-order valence-corrected chi connectivity index (χ0v) is 17.9. The second-order valence-corrected chi connectivity index (χ2v) is 8.56. The van der Waals surface area contributed by atoms with Crippen LogP contribution < -0.4 is 10.6 Å². The van der Waals surface area contributed by atoms with Gasteiger partial charge < -0.3 is 15.1 Å². The average Bonchev–Trinajstić information content (AvgIpc) is 2.80. The van der Waals surface area contributed by atoms with Crippen molar-refractivity contribution < 1.29 is 4.79 Å². The first kappa shape index (κ1) is 20.1. The van der Waals surface area contributed by atoms with Gasteiger partial charge in [0.1, 0.15) is 11.8 Å². The maximum absolute atomic E-state index is 13.3. The number of hydrogen-bond donors (Lipinski definition) is 2. The number of benzene rings is 1. The zero-order chi connectivity index (χ0) is 21.2. The lowest BCUT2D eigenvalue weighted by molar-refractivity contribution is -0.120. The van der Waals surface area contributed by atoms with Gasteiger partial charge in [0.25, 0.3) is 0 Å². The number of likely N-dealkylation sites (N-methyl/N-ethyl adjacent to an activating group) is 1. The number of guanidine groups is 1. The van der Waals surface area contributed by atoms with Crippen molar-refractivity contribution in [2.24, 2.45) is 9.98 Å². The van der Waals surface area contributed by atoms with Crippen LogP contribution in [0.2, 0.25) is 0 Å². The summed E-state index contributed by atoms with van der Waals surface area (Å²) in [6.07, 6.45) is 2.09. The van der Waals surface area contributed by atoms with Crippen molar-refractivity contribution in [3.8, 4) is 0 Å². The van der Waals surface area contributed by atoms with Crippen molar-refractivity contribution >= 4 is 28.6 Å². The zero-order valence-electron chi connectivity index (χ0n) is 17.9. The third-order valence-electron chi connectivity index (χ3n) is 6.28. The van der Waals surface area contributed by atoms with Gasteiger partial charge in [0, 0.05) is 38.1 Å². The summed E-state index contributed by atoms with van der Waals surface area (Å²) in [5.74, 6) is 0.504. The number of hydrogen-bond acceptors (Lipinski definition) is 6. The van der Waals surface area contributed by atoms with E-state index in [0.717, 1.165) is 63.0 Å². The lowest BCUT2D eigenvalue weighted by Gasteiger charge is -2.36. The van der Waals surface area contributed by atoms with Gasteiger partial charge in [0.2, 0.25) is 11.9 Å². The predicted octanol–water partition coefficient (Wildman–Crippen LogP) is 1.20. The van der Waals surface area contributed by atoms with Gasteiger partial charge in [-0.2, -0.15) is 4.99 Å². The second kappa shape index (κ2) is 8.72. The van der Waals surface area contributed by atoms with E-state index in [-0.39, 0.29) is 11.9 Å². The number of aliphatic imine (C=N–C) groups is 2. The minimum absolute atomic E-state index is 0.103. The van der Waals surface area contributed by atoms with E-state index in [9.17, 15) is 4.79 Å². The number of nitrogens with one attached hydrogen (secondary N) is 2. The van der Waals surface area contributed by atoms with Crippen LogP contribution in [0.5, 0.6) is 0 Å². The number of nitrogens with zero attached hydrogens (tertiary/aromatic N) is 5. The van der Waals surface area contributed by atoms with Crippen LogP contribution in [0, 0.1) is 0 Å². The number of carbonyl (C=O) groups excluding carboxylic acids is 1. The molecule has 162 valence electrons. The quantitative estimate of drug-likeness (QED) is 0.764. The van der Waals surface area contributed by atoms with E-state index in [4.69, 9.17) is 15.0 Å². The molecular weight excluding hydrogens is 390 g/mol. The van der Waals surface area contributed by atoms with Crippen LogP contribution in [0.25, 0.3) is 10.9 Å². The maximum Gasteiger partial charge on any atom is 0.243 e. The molecular formula is C23H29N7O. The SMILES string of the molecule is CN1CCN(C2=NC(=NC3CCCNC3)C(c3ccc4ccccc4n3)C(=O)N2)CC1. The van der Waals surface area contributed by atoms with E-state index < -0.39 is 5.92 Å². The van der Waals surface area contributed by atoms with Crippen molar-refractivity contribution in [2.45, 2.75) is 24.8 Å². The molecule has 2 unspecified atom stereocenters. The summed E-state index contributed by atoms with van der Waals surface area (Å²) in [7, 11) is 2.11. The fraction of sp³-hybridized carbons (Fsp3) is 0.478. The third kappa shape index (κ3) is 4.31. The summed E-state index contributed by atoms with van der Waals surface area (Å²) in [6, 6.07) is 12.0. The molecule has 3 aliphatic rings. The van der Waals surface area contributed by atoms with Crippen LogP contribution >= 0.6 is 0 Å². The maximum atomic E-state index is 13.3. The van der Waals surface area contributed by atoms with Gasteiger partial charge >= 0.3 is 0 Å². The van der Waals surface area contributed by atoms with E-state index in [1.54, 1.807) is 0 Å². The van der Waals surface area contributed by atoms with Crippen molar-refractivity contribution in [3.05, 3.63) is 42.1 Å². The first-order valence-electron chi connectivity index (χ1n) is 11.1. The topological polar surface area (TPSA) is 85.2 Å². The number of amidine groups is 1. The Balaban J connectivity index is 1.52. The fourth-order valence-corrected chi connectivity index (χ4v) is 4.41. The Labute approximate surface area is 182 Å². The van der Waals surface area contributed by atoms with Crippen molar-refractivity contribution in [2.75, 3.05) is 46.3 Å². The van der Waals surface area contributed by atoms with Crippen molar-refractivity contribution in [1.82, 2.24) is 25.4 Å². The second-order valence-electron chi connectivity index (χ2n) is 8.56. The molecule has 4 heterocycles. The van der Waals surface area contributed by atoms with Crippen molar-refractivity contribution in [1.29, 1.82) is 0 Å². The number of para-hydroxylation sites is 1. The molecule has 31 heavy (non-hydrogen) atoms. The van der Waals surface area contributed by atoms with Gasteiger partial charge in [0.15, 0.2) is 0 Å². The van der Waals surface area contributed by atoms with Crippen LogP contribution in [0.4, 0.5) is 0 Å². The lowest BCUT2D eigenvalue weighted by Crippen LogP contribution is -2.56. The molecule has 5 rings (SSSR count). The molecule has 1 aromatic heterocycles. The number of carbonyl (C=O) groups is 1. The van der Waals surface area contributed by atoms with Gasteiger partial charge in [0.05, 0.1) is 17.3 Å². The van der Waals surface area contributed by atoms with Crippen LogP contribution in [0.3, 0.4) is 0 Å². The standard InChI is InChI=1S/C23H29N7O/c1-29-11-13-30(14-12-29)23-27-21(25-17-6-4-10-24-15-17)20(22(31)28-23)19-9-8-16-5-2-3-7-18(16)26-19/h2-3,5,7-9,17,20,24H,4,6,10-15H2,1H3,(H,25,27,28,31). The monoisotopic (exact) mass is 419 g/mol. The summed E-state index contributed by atoms with van der Waals surface area (Å²) >= 11 is 0. The average molecular weight is 420 g/mol. The number of piperidine rings is 1. The molecule has 0 radical (unpaired) electrons. The summed E-state index contributed by atoms with van der Waals surface area (Å²) in [4.78, 5) is 32.4. The normalized spacial score (nSPS) is 26.7. The first-order chi connectivity index (χ1) is 15.2. The minimum atomic E-state index is -0.595. The highest BCUT2D eigenvalue weighted by molar-refractivity contribution is 6.20. The van der Waals surface area contributed by atoms with Gasteiger partial charge in [-0.05, 0) is 38.6 Å². The molecule has 2 aromatic rings. The molecule has 8 nitrogen and oxygen atoms in total. The molecule has 1 aromatic carbocycles. The number of piperazine rings is 1. The molecule has 0 bridgehead atoms. The minimum Gasteiger partial charge on any atom is -0.340 e. The van der Waals surface area contributed by atoms with Gasteiger partial charge in [-0.3, -0.25) is 20.1 Å². The number of amides is 1. The lowest BCUT2D eigenvalue weighted by atomic mass is 9.99. The first-order valence-corrected chi connectivity index (χ1v) is 11.1.